The normalized spacial score (nSPS) is 13.7. The molecule has 2 unspecified atom stereocenters. The lowest BCUT2D eigenvalue weighted by molar-refractivity contribution is -0.122. The van der Waals surface area contributed by atoms with Gasteiger partial charge in [-0.1, -0.05) is 19.1 Å². The van der Waals surface area contributed by atoms with Gasteiger partial charge >= 0.3 is 0 Å². The van der Waals surface area contributed by atoms with E-state index in [1.807, 2.05) is 45.0 Å². The van der Waals surface area contributed by atoms with E-state index in [0.717, 1.165) is 11.3 Å². The molecule has 0 saturated carbocycles. The molecule has 1 rings (SSSR count). The molecule has 1 aromatic rings. The van der Waals surface area contributed by atoms with Crippen molar-refractivity contribution in [2.24, 2.45) is 11.7 Å². The first-order valence-corrected chi connectivity index (χ1v) is 6.79. The zero-order valence-electron chi connectivity index (χ0n) is 12.0. The van der Waals surface area contributed by atoms with Crippen molar-refractivity contribution in [3.63, 3.8) is 0 Å². The van der Waals surface area contributed by atoms with E-state index in [4.69, 9.17) is 10.5 Å². The van der Waals surface area contributed by atoms with Crippen LogP contribution in [-0.2, 0) is 4.79 Å². The highest BCUT2D eigenvalue weighted by Gasteiger charge is 2.12. The molecule has 0 aliphatic carbocycles. The Hall–Kier alpha value is -1.55. The van der Waals surface area contributed by atoms with Gasteiger partial charge in [-0.05, 0) is 44.0 Å². The number of carbonyl (C=O) groups excluding carboxylic acids is 1. The van der Waals surface area contributed by atoms with Gasteiger partial charge < -0.3 is 15.8 Å². The van der Waals surface area contributed by atoms with Gasteiger partial charge in [-0.15, -0.1) is 0 Å². The van der Waals surface area contributed by atoms with Crippen LogP contribution in [0.2, 0.25) is 0 Å². The minimum Gasteiger partial charge on any atom is -0.494 e. The average Bonchev–Trinajstić information content (AvgIpc) is 2.39. The summed E-state index contributed by atoms with van der Waals surface area (Å²) in [6.07, 6.45) is 0.470. The third-order valence-corrected chi connectivity index (χ3v) is 3.00. The van der Waals surface area contributed by atoms with Gasteiger partial charge in [-0.25, -0.2) is 0 Å². The Morgan fingerprint density at radius 1 is 1.32 bits per heavy atom. The van der Waals surface area contributed by atoms with E-state index in [1.165, 1.54) is 0 Å². The van der Waals surface area contributed by atoms with Crippen LogP contribution >= 0.6 is 0 Å². The van der Waals surface area contributed by atoms with Crippen LogP contribution < -0.4 is 15.8 Å². The summed E-state index contributed by atoms with van der Waals surface area (Å²) in [4.78, 5) is 11.8. The number of ether oxygens (including phenoxy) is 1. The van der Waals surface area contributed by atoms with Gasteiger partial charge in [0.25, 0.3) is 0 Å². The second-order valence-corrected chi connectivity index (χ2v) is 4.84. The highest BCUT2D eigenvalue weighted by Crippen LogP contribution is 2.17. The molecule has 0 saturated heterocycles. The first-order valence-electron chi connectivity index (χ1n) is 6.79. The van der Waals surface area contributed by atoms with Crippen molar-refractivity contribution < 1.29 is 9.53 Å². The van der Waals surface area contributed by atoms with Crippen molar-refractivity contribution >= 4 is 5.91 Å². The highest BCUT2D eigenvalue weighted by molar-refractivity contribution is 5.76. The molecule has 4 nitrogen and oxygen atoms in total. The molecule has 0 fully saturated rings. The summed E-state index contributed by atoms with van der Waals surface area (Å²) in [5.41, 5.74) is 6.58. The van der Waals surface area contributed by atoms with Crippen molar-refractivity contribution in [2.45, 2.75) is 33.2 Å². The molecule has 0 aliphatic rings. The number of benzene rings is 1. The van der Waals surface area contributed by atoms with Crippen molar-refractivity contribution in [3.05, 3.63) is 29.8 Å². The van der Waals surface area contributed by atoms with Crippen molar-refractivity contribution in [1.29, 1.82) is 0 Å². The third kappa shape index (κ3) is 5.30. The van der Waals surface area contributed by atoms with E-state index in [-0.39, 0.29) is 17.9 Å². The lowest BCUT2D eigenvalue weighted by atomic mass is 10.1. The average molecular weight is 264 g/mol. The molecule has 0 radical (unpaired) electrons. The van der Waals surface area contributed by atoms with E-state index in [0.29, 0.717) is 19.6 Å². The minimum atomic E-state index is -0.00634. The molecule has 19 heavy (non-hydrogen) atoms. The first-order chi connectivity index (χ1) is 9.06. The summed E-state index contributed by atoms with van der Waals surface area (Å²) in [5.74, 6) is 1.10. The fourth-order valence-corrected chi connectivity index (χ4v) is 1.80. The van der Waals surface area contributed by atoms with Gasteiger partial charge in [-0.2, -0.15) is 0 Å². The van der Waals surface area contributed by atoms with E-state index in [2.05, 4.69) is 5.32 Å². The lowest BCUT2D eigenvalue weighted by Crippen LogP contribution is -2.29. The second-order valence-electron chi connectivity index (χ2n) is 4.84. The molecule has 4 heteroatoms. The van der Waals surface area contributed by atoms with Crippen LogP contribution in [0.3, 0.4) is 0 Å². The first kappa shape index (κ1) is 15.5. The Labute approximate surface area is 115 Å². The minimum absolute atomic E-state index is 0.00634. The van der Waals surface area contributed by atoms with Crippen LogP contribution in [0.1, 0.15) is 38.8 Å². The van der Waals surface area contributed by atoms with Crippen LogP contribution in [-0.4, -0.2) is 19.1 Å². The molecule has 0 heterocycles. The fraction of sp³-hybridized carbons (Fsp3) is 0.533. The van der Waals surface area contributed by atoms with Gasteiger partial charge in [-0.3, -0.25) is 4.79 Å². The van der Waals surface area contributed by atoms with E-state index in [1.54, 1.807) is 0 Å². The van der Waals surface area contributed by atoms with Gasteiger partial charge in [0.05, 0.1) is 12.6 Å². The maximum Gasteiger partial charge on any atom is 0.220 e. The monoisotopic (exact) mass is 264 g/mol. The van der Waals surface area contributed by atoms with E-state index < -0.39 is 0 Å². The Kier molecular flexibility index (Phi) is 6.36. The Balaban J connectivity index is 2.52. The van der Waals surface area contributed by atoms with Crippen LogP contribution in [0.5, 0.6) is 5.75 Å². The highest BCUT2D eigenvalue weighted by atomic mass is 16.5. The van der Waals surface area contributed by atoms with Crippen LogP contribution in [0.15, 0.2) is 24.3 Å². The molecule has 0 aromatic heterocycles. The second kappa shape index (κ2) is 7.79. The summed E-state index contributed by atoms with van der Waals surface area (Å²) < 4.78 is 5.39. The number of carbonyl (C=O) groups is 1. The SMILES string of the molecule is CCOc1ccc(C(C)NC(=O)CC(C)CN)cc1. The molecule has 0 spiro atoms. The standard InChI is InChI=1S/C15H24N2O2/c1-4-19-14-7-5-13(6-8-14)12(3)17-15(18)9-11(2)10-16/h5-8,11-12H,4,9-10,16H2,1-3H3,(H,17,18). The molecule has 0 bridgehead atoms. The zero-order valence-corrected chi connectivity index (χ0v) is 12.0. The smallest absolute Gasteiger partial charge is 0.220 e. The van der Waals surface area contributed by atoms with Crippen LogP contribution in [0.25, 0.3) is 0 Å². The Bertz CT molecular complexity index is 390. The molecule has 3 N–H and O–H groups in total. The molecule has 2 atom stereocenters. The fourth-order valence-electron chi connectivity index (χ4n) is 1.80. The van der Waals surface area contributed by atoms with Crippen molar-refractivity contribution in [2.75, 3.05) is 13.2 Å². The van der Waals surface area contributed by atoms with Crippen molar-refractivity contribution in [1.82, 2.24) is 5.32 Å². The summed E-state index contributed by atoms with van der Waals surface area (Å²) in [5, 5.41) is 2.98. The van der Waals surface area contributed by atoms with Gasteiger partial charge in [0, 0.05) is 6.42 Å². The Morgan fingerprint density at radius 2 is 1.95 bits per heavy atom. The van der Waals surface area contributed by atoms with Crippen molar-refractivity contribution in [3.8, 4) is 5.75 Å². The topological polar surface area (TPSA) is 64.3 Å². The van der Waals surface area contributed by atoms with E-state index >= 15 is 0 Å². The summed E-state index contributed by atoms with van der Waals surface area (Å²) in [6, 6.07) is 7.78. The molecule has 106 valence electrons. The quantitative estimate of drug-likeness (QED) is 0.794. The van der Waals surface area contributed by atoms with Crippen LogP contribution in [0, 0.1) is 5.92 Å². The largest absolute Gasteiger partial charge is 0.494 e. The summed E-state index contributed by atoms with van der Waals surface area (Å²) in [7, 11) is 0. The zero-order chi connectivity index (χ0) is 14.3. The maximum absolute atomic E-state index is 11.8. The summed E-state index contributed by atoms with van der Waals surface area (Å²) in [6.45, 7) is 7.09. The maximum atomic E-state index is 11.8. The molecular weight excluding hydrogens is 240 g/mol. The molecule has 0 aliphatic heterocycles. The molecule has 1 aromatic carbocycles. The predicted molar refractivity (Wildman–Crippen MR) is 77.0 cm³/mol. The molecule has 1 amide bonds. The third-order valence-electron chi connectivity index (χ3n) is 3.00. The predicted octanol–water partition coefficient (Wildman–Crippen LogP) is 2.25. The number of amides is 1. The van der Waals surface area contributed by atoms with Gasteiger partial charge in [0.1, 0.15) is 5.75 Å². The number of hydrogen-bond acceptors (Lipinski definition) is 3. The number of hydrogen-bond donors (Lipinski definition) is 2. The molecular formula is C15H24N2O2. The van der Waals surface area contributed by atoms with Gasteiger partial charge in [0.2, 0.25) is 5.91 Å². The van der Waals surface area contributed by atoms with Gasteiger partial charge in [0.15, 0.2) is 0 Å². The van der Waals surface area contributed by atoms with Crippen LogP contribution in [0.4, 0.5) is 0 Å². The number of nitrogens with two attached hydrogens (primary N) is 1. The number of nitrogens with one attached hydrogen (secondary N) is 1. The Morgan fingerprint density at radius 3 is 2.47 bits per heavy atom. The number of rotatable bonds is 7. The summed E-state index contributed by atoms with van der Waals surface area (Å²) >= 11 is 0. The van der Waals surface area contributed by atoms with E-state index in [9.17, 15) is 4.79 Å². The lowest BCUT2D eigenvalue weighted by Gasteiger charge is -2.16.